The van der Waals surface area contributed by atoms with Crippen molar-refractivity contribution in [2.75, 3.05) is 4.90 Å². The summed E-state index contributed by atoms with van der Waals surface area (Å²) >= 11 is 0. The third-order valence-electron chi connectivity index (χ3n) is 5.65. The topological polar surface area (TPSA) is 108 Å². The van der Waals surface area contributed by atoms with Gasteiger partial charge in [0.1, 0.15) is 12.7 Å². The van der Waals surface area contributed by atoms with E-state index in [4.69, 9.17) is 15.2 Å². The van der Waals surface area contributed by atoms with Gasteiger partial charge in [-0.15, -0.1) is 0 Å². The molecule has 2 amide bonds. The molecule has 8 nitrogen and oxygen atoms in total. The Morgan fingerprint density at radius 3 is 2.59 bits per heavy atom. The summed E-state index contributed by atoms with van der Waals surface area (Å²) in [6, 6.07) is 16.9. The number of hydrogen-bond donors (Lipinski definition) is 1. The van der Waals surface area contributed by atoms with Crippen molar-refractivity contribution in [1.29, 1.82) is 0 Å². The highest BCUT2D eigenvalue weighted by Gasteiger charge is 2.35. The highest BCUT2D eigenvalue weighted by molar-refractivity contribution is 5.89. The van der Waals surface area contributed by atoms with Crippen molar-refractivity contribution in [1.82, 2.24) is 9.97 Å². The minimum absolute atomic E-state index is 0.136. The van der Waals surface area contributed by atoms with Crippen molar-refractivity contribution < 1.29 is 19.1 Å². The molecule has 4 rings (SSSR count). The lowest BCUT2D eigenvalue weighted by atomic mass is 9.92. The molecule has 3 aromatic rings. The number of primary amides is 1. The maximum atomic E-state index is 13.3. The standard InChI is InChI=1S/C24H26N4O4/c1-16-20-12-5-6-13-21(20)27-23(26-16)28(18-10-7-11-19(14-18)32-22(25)29)24(30)31-15-17-8-3-2-4-9-17/h2-6,8-9,12-13,18-19H,7,10-11,14-15H2,1H3,(H2,25,29)/t18-,19-/m0/s1. The molecule has 0 radical (unpaired) electrons. The summed E-state index contributed by atoms with van der Waals surface area (Å²) in [5.41, 5.74) is 7.62. The van der Waals surface area contributed by atoms with Gasteiger partial charge >= 0.3 is 12.2 Å². The zero-order valence-electron chi connectivity index (χ0n) is 17.9. The van der Waals surface area contributed by atoms with Crippen molar-refractivity contribution in [2.24, 2.45) is 5.73 Å². The molecule has 166 valence electrons. The summed E-state index contributed by atoms with van der Waals surface area (Å²) in [7, 11) is 0. The highest BCUT2D eigenvalue weighted by Crippen LogP contribution is 2.30. The number of nitrogens with zero attached hydrogens (tertiary/aromatic N) is 3. The number of ether oxygens (including phenoxy) is 2. The number of carbonyl (C=O) groups excluding carboxylic acids is 2. The van der Waals surface area contributed by atoms with Crippen molar-refractivity contribution in [3.8, 4) is 0 Å². The lowest BCUT2D eigenvalue weighted by Gasteiger charge is -2.35. The molecule has 1 heterocycles. The van der Waals surface area contributed by atoms with Gasteiger partial charge in [-0.25, -0.2) is 24.5 Å². The lowest BCUT2D eigenvalue weighted by Crippen LogP contribution is -2.46. The SMILES string of the molecule is Cc1nc(N(C(=O)OCc2ccccc2)[C@H]2CCC[C@H](OC(N)=O)C2)nc2ccccc12. The van der Waals surface area contributed by atoms with Crippen LogP contribution in [0.2, 0.25) is 0 Å². The van der Waals surface area contributed by atoms with Crippen LogP contribution in [0.1, 0.15) is 36.9 Å². The third-order valence-corrected chi connectivity index (χ3v) is 5.65. The Kier molecular flexibility index (Phi) is 6.49. The van der Waals surface area contributed by atoms with Gasteiger partial charge in [0, 0.05) is 17.8 Å². The van der Waals surface area contributed by atoms with Gasteiger partial charge in [0.15, 0.2) is 0 Å². The molecule has 1 aromatic heterocycles. The molecule has 0 saturated heterocycles. The van der Waals surface area contributed by atoms with Gasteiger partial charge in [-0.1, -0.05) is 48.5 Å². The van der Waals surface area contributed by atoms with Crippen molar-refractivity contribution >= 4 is 29.0 Å². The third kappa shape index (κ3) is 4.96. The molecule has 1 aliphatic carbocycles. The van der Waals surface area contributed by atoms with Gasteiger partial charge in [0.25, 0.3) is 0 Å². The normalized spacial score (nSPS) is 18.2. The Morgan fingerprint density at radius 1 is 1.06 bits per heavy atom. The number of anilines is 1. The minimum Gasteiger partial charge on any atom is -0.446 e. The molecule has 0 bridgehead atoms. The van der Waals surface area contributed by atoms with E-state index in [2.05, 4.69) is 9.97 Å². The largest absolute Gasteiger partial charge is 0.446 e. The molecule has 2 N–H and O–H groups in total. The number of aromatic nitrogens is 2. The minimum atomic E-state index is -0.813. The van der Waals surface area contributed by atoms with Crippen molar-refractivity contribution in [3.63, 3.8) is 0 Å². The molecule has 0 unspecified atom stereocenters. The summed E-state index contributed by atoms with van der Waals surface area (Å²) in [4.78, 5) is 35.3. The van der Waals surface area contributed by atoms with Crippen molar-refractivity contribution in [2.45, 2.75) is 51.4 Å². The number of hydrogen-bond acceptors (Lipinski definition) is 6. The Hall–Kier alpha value is -3.68. The molecule has 32 heavy (non-hydrogen) atoms. The molecule has 2 aromatic carbocycles. The summed E-state index contributed by atoms with van der Waals surface area (Å²) in [6.45, 7) is 2.03. The van der Waals surface area contributed by atoms with Crippen LogP contribution >= 0.6 is 0 Å². The predicted octanol–water partition coefficient (Wildman–Crippen LogP) is 4.49. The lowest BCUT2D eigenvalue weighted by molar-refractivity contribution is 0.0747. The quantitative estimate of drug-likeness (QED) is 0.634. The highest BCUT2D eigenvalue weighted by atomic mass is 16.6. The number of para-hydroxylation sites is 1. The van der Waals surface area contributed by atoms with Crippen LogP contribution in [0.15, 0.2) is 54.6 Å². The van der Waals surface area contributed by atoms with Gasteiger partial charge in [0.05, 0.1) is 11.2 Å². The maximum Gasteiger partial charge on any atom is 0.417 e. The van der Waals surface area contributed by atoms with E-state index in [1.54, 1.807) is 0 Å². The Labute approximate surface area is 186 Å². The molecular weight excluding hydrogens is 408 g/mol. The van der Waals surface area contributed by atoms with Crippen LogP contribution in [0, 0.1) is 6.92 Å². The van der Waals surface area contributed by atoms with E-state index in [1.165, 1.54) is 4.90 Å². The van der Waals surface area contributed by atoms with E-state index in [1.807, 2.05) is 61.5 Å². The fourth-order valence-electron chi connectivity index (χ4n) is 4.14. The number of nitrogens with two attached hydrogens (primary N) is 1. The van der Waals surface area contributed by atoms with Gasteiger partial charge in [-0.3, -0.25) is 0 Å². The number of carbonyl (C=O) groups is 2. The van der Waals surface area contributed by atoms with E-state index in [-0.39, 0.29) is 24.7 Å². The molecular formula is C24H26N4O4. The Balaban J connectivity index is 1.64. The van der Waals surface area contributed by atoms with Gasteiger partial charge in [-0.2, -0.15) is 0 Å². The summed E-state index contributed by atoms with van der Waals surface area (Å²) in [6.07, 6.45) is 0.922. The number of benzene rings is 2. The van der Waals surface area contributed by atoms with Crippen LogP contribution in [0.25, 0.3) is 10.9 Å². The molecule has 1 fully saturated rings. The second-order valence-corrected chi connectivity index (χ2v) is 7.92. The first-order chi connectivity index (χ1) is 15.5. The van der Waals surface area contributed by atoms with E-state index in [0.717, 1.165) is 28.6 Å². The van der Waals surface area contributed by atoms with E-state index < -0.39 is 12.2 Å². The fourth-order valence-corrected chi connectivity index (χ4v) is 4.14. The average molecular weight is 434 g/mol. The van der Waals surface area contributed by atoms with Crippen LogP contribution in [-0.4, -0.2) is 34.3 Å². The summed E-state index contributed by atoms with van der Waals surface area (Å²) in [5.74, 6) is 0.281. The summed E-state index contributed by atoms with van der Waals surface area (Å²) in [5, 5.41) is 0.924. The average Bonchev–Trinajstić information content (AvgIpc) is 2.78. The van der Waals surface area contributed by atoms with Gasteiger partial charge in [0.2, 0.25) is 5.95 Å². The molecule has 2 atom stereocenters. The van der Waals surface area contributed by atoms with Crippen LogP contribution in [0.3, 0.4) is 0 Å². The molecule has 0 aliphatic heterocycles. The van der Waals surface area contributed by atoms with Gasteiger partial charge in [-0.05, 0) is 37.8 Å². The number of aryl methyl sites for hydroxylation is 1. The van der Waals surface area contributed by atoms with E-state index in [9.17, 15) is 9.59 Å². The van der Waals surface area contributed by atoms with E-state index >= 15 is 0 Å². The van der Waals surface area contributed by atoms with Crippen LogP contribution in [0.4, 0.5) is 15.5 Å². The second kappa shape index (κ2) is 9.64. The molecule has 1 saturated carbocycles. The smallest absolute Gasteiger partial charge is 0.417 e. The number of amides is 2. The Morgan fingerprint density at radius 2 is 1.81 bits per heavy atom. The van der Waals surface area contributed by atoms with E-state index in [0.29, 0.717) is 19.3 Å². The second-order valence-electron chi connectivity index (χ2n) is 7.92. The van der Waals surface area contributed by atoms with Crippen LogP contribution in [0.5, 0.6) is 0 Å². The zero-order valence-corrected chi connectivity index (χ0v) is 17.9. The van der Waals surface area contributed by atoms with Crippen LogP contribution in [-0.2, 0) is 16.1 Å². The first-order valence-corrected chi connectivity index (χ1v) is 10.7. The maximum absolute atomic E-state index is 13.3. The Bertz CT molecular complexity index is 1110. The summed E-state index contributed by atoms with van der Waals surface area (Å²) < 4.78 is 10.9. The van der Waals surface area contributed by atoms with Crippen molar-refractivity contribution in [3.05, 3.63) is 65.9 Å². The first-order valence-electron chi connectivity index (χ1n) is 10.7. The van der Waals surface area contributed by atoms with Gasteiger partial charge < -0.3 is 15.2 Å². The number of rotatable bonds is 5. The number of fused-ring (bicyclic) bond motifs is 1. The molecule has 1 aliphatic rings. The van der Waals surface area contributed by atoms with Crippen LogP contribution < -0.4 is 10.6 Å². The molecule has 0 spiro atoms. The first kappa shape index (κ1) is 21.5. The zero-order chi connectivity index (χ0) is 22.5. The monoisotopic (exact) mass is 434 g/mol. The molecule has 8 heteroatoms. The predicted molar refractivity (Wildman–Crippen MR) is 120 cm³/mol. The fraction of sp³-hybridized carbons (Fsp3) is 0.333.